The van der Waals surface area contributed by atoms with Gasteiger partial charge in [-0.25, -0.2) is 4.79 Å². The third kappa shape index (κ3) is 2.80. The maximum atomic E-state index is 12.2. The van der Waals surface area contributed by atoms with Crippen molar-refractivity contribution in [2.45, 2.75) is 31.8 Å². The normalized spacial score (nSPS) is 30.7. The Balaban J connectivity index is 1.76. The lowest BCUT2D eigenvalue weighted by Crippen LogP contribution is -2.41. The Kier molecular flexibility index (Phi) is 3.95. The van der Waals surface area contributed by atoms with Gasteiger partial charge in [0, 0.05) is 0 Å². The Hall–Kier alpha value is -1.84. The van der Waals surface area contributed by atoms with E-state index in [2.05, 4.69) is 0 Å². The summed E-state index contributed by atoms with van der Waals surface area (Å²) in [6, 6.07) is 8.92. The van der Waals surface area contributed by atoms with E-state index in [1.165, 1.54) is 7.11 Å². The van der Waals surface area contributed by atoms with E-state index in [0.717, 1.165) is 25.7 Å². The minimum Gasteiger partial charge on any atom is -0.469 e. The first kappa shape index (κ1) is 14.1. The summed E-state index contributed by atoms with van der Waals surface area (Å²) in [6.07, 6.45) is 3.63. The molecule has 1 aromatic carbocycles. The lowest BCUT2D eigenvalue weighted by atomic mass is 9.77. The Morgan fingerprint density at radius 3 is 2.57 bits per heavy atom. The summed E-state index contributed by atoms with van der Waals surface area (Å²) >= 11 is 0. The number of rotatable bonds is 3. The number of carbonyl (C=O) groups excluding carboxylic acids is 2. The van der Waals surface area contributed by atoms with Crippen molar-refractivity contribution < 1.29 is 19.1 Å². The van der Waals surface area contributed by atoms with Gasteiger partial charge in [-0.1, -0.05) is 24.6 Å². The van der Waals surface area contributed by atoms with E-state index in [0.29, 0.717) is 17.4 Å². The molecule has 4 heteroatoms. The standard InChI is InChI=1S/C17H20O4/c1-20-17(19)15-13-8-7-11(9-13)10-14(15)21-16(18)12-5-3-2-4-6-12/h2-6,11,13-15H,7-10H2,1H3/t11?,13?,14-,15+/m0/s1. The molecule has 2 unspecified atom stereocenters. The zero-order chi connectivity index (χ0) is 14.8. The summed E-state index contributed by atoms with van der Waals surface area (Å²) in [5.74, 6) is -0.0299. The molecule has 0 heterocycles. The number of esters is 2. The number of carbonyl (C=O) groups is 2. The molecule has 2 aliphatic rings. The number of methoxy groups -OCH3 is 1. The second-order valence-corrected chi connectivity index (χ2v) is 6.03. The van der Waals surface area contributed by atoms with E-state index >= 15 is 0 Å². The molecular weight excluding hydrogens is 268 g/mol. The van der Waals surface area contributed by atoms with E-state index in [-0.39, 0.29) is 24.0 Å². The molecule has 0 radical (unpaired) electrons. The molecule has 0 N–H and O–H groups in total. The fourth-order valence-corrected chi connectivity index (χ4v) is 3.81. The van der Waals surface area contributed by atoms with Gasteiger partial charge in [0.1, 0.15) is 6.10 Å². The molecule has 0 saturated heterocycles. The van der Waals surface area contributed by atoms with Crippen LogP contribution in [0.4, 0.5) is 0 Å². The monoisotopic (exact) mass is 288 g/mol. The average molecular weight is 288 g/mol. The highest BCUT2D eigenvalue weighted by Gasteiger charge is 2.47. The van der Waals surface area contributed by atoms with Crippen LogP contribution >= 0.6 is 0 Å². The quantitative estimate of drug-likeness (QED) is 0.803. The third-order valence-corrected chi connectivity index (χ3v) is 4.80. The minimum atomic E-state index is -0.351. The summed E-state index contributed by atoms with van der Waals surface area (Å²) in [5.41, 5.74) is 0.527. The second kappa shape index (κ2) is 5.88. The highest BCUT2D eigenvalue weighted by Crippen LogP contribution is 2.47. The van der Waals surface area contributed by atoms with Gasteiger partial charge in [0.05, 0.1) is 18.6 Å². The van der Waals surface area contributed by atoms with Crippen LogP contribution in [0.2, 0.25) is 0 Å². The Labute approximate surface area is 124 Å². The summed E-state index contributed by atoms with van der Waals surface area (Å²) < 4.78 is 10.6. The summed E-state index contributed by atoms with van der Waals surface area (Å²) in [4.78, 5) is 24.3. The predicted molar refractivity (Wildman–Crippen MR) is 76.6 cm³/mol. The smallest absolute Gasteiger partial charge is 0.338 e. The van der Waals surface area contributed by atoms with Gasteiger partial charge in [0.15, 0.2) is 0 Å². The Morgan fingerprint density at radius 1 is 1.10 bits per heavy atom. The van der Waals surface area contributed by atoms with Gasteiger partial charge in [0.2, 0.25) is 0 Å². The first-order chi connectivity index (χ1) is 10.2. The molecule has 3 rings (SSSR count). The number of hydrogen-bond donors (Lipinski definition) is 0. The van der Waals surface area contributed by atoms with Crippen molar-refractivity contribution in [3.05, 3.63) is 35.9 Å². The molecule has 0 amide bonds. The van der Waals surface area contributed by atoms with Crippen molar-refractivity contribution in [3.8, 4) is 0 Å². The topological polar surface area (TPSA) is 52.6 Å². The van der Waals surface area contributed by atoms with Crippen molar-refractivity contribution >= 4 is 11.9 Å². The molecule has 2 saturated carbocycles. The predicted octanol–water partition coefficient (Wildman–Crippen LogP) is 2.82. The Morgan fingerprint density at radius 2 is 1.86 bits per heavy atom. The molecular formula is C17H20O4. The van der Waals surface area contributed by atoms with Crippen LogP contribution in [0.1, 0.15) is 36.0 Å². The van der Waals surface area contributed by atoms with Crippen LogP contribution in [0.5, 0.6) is 0 Å². The fourth-order valence-electron chi connectivity index (χ4n) is 3.81. The molecule has 2 bridgehead atoms. The summed E-state index contributed by atoms with van der Waals surface area (Å²) in [6.45, 7) is 0. The lowest BCUT2D eigenvalue weighted by molar-refractivity contribution is -0.154. The van der Waals surface area contributed by atoms with Crippen molar-refractivity contribution in [1.29, 1.82) is 0 Å². The van der Waals surface area contributed by atoms with Gasteiger partial charge in [-0.15, -0.1) is 0 Å². The van der Waals surface area contributed by atoms with Gasteiger partial charge < -0.3 is 9.47 Å². The maximum Gasteiger partial charge on any atom is 0.338 e. The third-order valence-electron chi connectivity index (χ3n) is 4.80. The SMILES string of the molecule is COC(=O)[C@@H]1C2CCC(C2)C[C@@H]1OC(=O)c1ccccc1. The molecule has 0 spiro atoms. The molecule has 112 valence electrons. The number of ether oxygens (including phenoxy) is 2. The molecule has 0 aromatic heterocycles. The van der Waals surface area contributed by atoms with Gasteiger partial charge >= 0.3 is 11.9 Å². The van der Waals surface area contributed by atoms with Crippen LogP contribution in [0.15, 0.2) is 30.3 Å². The first-order valence-electron chi connectivity index (χ1n) is 7.53. The summed E-state index contributed by atoms with van der Waals surface area (Å²) in [5, 5.41) is 0. The highest BCUT2D eigenvalue weighted by molar-refractivity contribution is 5.89. The Bertz CT molecular complexity index is 525. The summed E-state index contributed by atoms with van der Waals surface area (Å²) in [7, 11) is 1.40. The maximum absolute atomic E-state index is 12.2. The largest absolute Gasteiger partial charge is 0.469 e. The van der Waals surface area contributed by atoms with Crippen LogP contribution < -0.4 is 0 Å². The zero-order valence-corrected chi connectivity index (χ0v) is 12.2. The van der Waals surface area contributed by atoms with E-state index in [1.807, 2.05) is 6.07 Å². The van der Waals surface area contributed by atoms with Crippen LogP contribution in [0, 0.1) is 17.8 Å². The van der Waals surface area contributed by atoms with E-state index < -0.39 is 0 Å². The molecule has 4 atom stereocenters. The van der Waals surface area contributed by atoms with Crippen LogP contribution in [-0.4, -0.2) is 25.2 Å². The van der Waals surface area contributed by atoms with E-state index in [4.69, 9.17) is 9.47 Å². The van der Waals surface area contributed by atoms with Gasteiger partial charge in [-0.05, 0) is 43.2 Å². The van der Waals surface area contributed by atoms with Gasteiger partial charge in [-0.2, -0.15) is 0 Å². The van der Waals surface area contributed by atoms with Gasteiger partial charge in [-0.3, -0.25) is 4.79 Å². The van der Waals surface area contributed by atoms with Crippen molar-refractivity contribution in [3.63, 3.8) is 0 Å². The van der Waals surface area contributed by atoms with E-state index in [9.17, 15) is 9.59 Å². The fraction of sp³-hybridized carbons (Fsp3) is 0.529. The van der Waals surface area contributed by atoms with Crippen molar-refractivity contribution in [1.82, 2.24) is 0 Å². The number of hydrogen-bond acceptors (Lipinski definition) is 4. The van der Waals surface area contributed by atoms with Crippen molar-refractivity contribution in [2.24, 2.45) is 17.8 Å². The van der Waals surface area contributed by atoms with Crippen molar-refractivity contribution in [2.75, 3.05) is 7.11 Å². The molecule has 1 aromatic rings. The number of benzene rings is 1. The molecule has 21 heavy (non-hydrogen) atoms. The molecule has 2 fully saturated rings. The lowest BCUT2D eigenvalue weighted by Gasteiger charge is -2.34. The zero-order valence-electron chi connectivity index (χ0n) is 12.2. The molecule has 0 aliphatic heterocycles. The second-order valence-electron chi connectivity index (χ2n) is 6.03. The average Bonchev–Trinajstić information content (AvgIpc) is 2.89. The highest BCUT2D eigenvalue weighted by atomic mass is 16.6. The van der Waals surface area contributed by atoms with Crippen LogP contribution in [0.3, 0.4) is 0 Å². The van der Waals surface area contributed by atoms with E-state index in [1.54, 1.807) is 24.3 Å². The number of fused-ring (bicyclic) bond motifs is 2. The minimum absolute atomic E-state index is 0.244. The molecule has 4 nitrogen and oxygen atoms in total. The molecule has 2 aliphatic carbocycles. The van der Waals surface area contributed by atoms with Gasteiger partial charge in [0.25, 0.3) is 0 Å². The van der Waals surface area contributed by atoms with Crippen LogP contribution in [-0.2, 0) is 14.3 Å². The van der Waals surface area contributed by atoms with Crippen LogP contribution in [0.25, 0.3) is 0 Å². The first-order valence-corrected chi connectivity index (χ1v) is 7.53.